The molecule has 0 aliphatic carbocycles. The molecule has 0 saturated carbocycles. The van der Waals surface area contributed by atoms with Crippen LogP contribution in [0.15, 0.2) is 65.7 Å². The van der Waals surface area contributed by atoms with Crippen molar-refractivity contribution >= 4 is 20.9 Å². The summed E-state index contributed by atoms with van der Waals surface area (Å²) < 4.78 is 40.1. The second-order valence-corrected chi connectivity index (χ2v) is 8.83. The van der Waals surface area contributed by atoms with E-state index in [1.807, 2.05) is 30.3 Å². The molecule has 0 bridgehead atoms. The molecule has 1 fully saturated rings. The number of sulfonamides is 1. The fourth-order valence-electron chi connectivity index (χ4n) is 3.81. The molecule has 2 aromatic carbocycles. The van der Waals surface area contributed by atoms with Gasteiger partial charge in [0, 0.05) is 37.3 Å². The first-order valence-electron chi connectivity index (χ1n) is 9.88. The molecule has 1 unspecified atom stereocenters. The molecule has 158 valence electrons. The number of ether oxygens (including phenoxy) is 2. The van der Waals surface area contributed by atoms with Crippen LogP contribution in [0.5, 0.6) is 5.75 Å². The number of methoxy groups -OCH3 is 1. The normalized spacial score (nSPS) is 16.4. The Kier molecular flexibility index (Phi) is 6.29. The molecule has 8 heteroatoms. The number of pyridine rings is 1. The molecular formula is C22H25N3O4S. The highest BCUT2D eigenvalue weighted by atomic mass is 32.2. The molecule has 30 heavy (non-hydrogen) atoms. The van der Waals surface area contributed by atoms with Crippen LogP contribution in [0, 0.1) is 0 Å². The van der Waals surface area contributed by atoms with Gasteiger partial charge in [-0.2, -0.15) is 0 Å². The Morgan fingerprint density at radius 2 is 1.87 bits per heavy atom. The lowest BCUT2D eigenvalue weighted by Crippen LogP contribution is -2.43. The standard InChI is InChI=1S/C22H25N3O4S/c1-28-20-9-10-21(18-8-5-11-23-22(18)20)30(26,27)24-16-19(17-6-3-2-4-7-17)25-12-14-29-15-13-25/h2-11,19,24H,12-16H2,1H3. The van der Waals surface area contributed by atoms with Gasteiger partial charge in [0.2, 0.25) is 10.0 Å². The molecule has 1 atom stereocenters. The third-order valence-electron chi connectivity index (χ3n) is 5.34. The smallest absolute Gasteiger partial charge is 0.241 e. The number of nitrogens with one attached hydrogen (secondary N) is 1. The molecule has 0 spiro atoms. The Bertz CT molecular complexity index is 1100. The summed E-state index contributed by atoms with van der Waals surface area (Å²) in [4.78, 5) is 6.76. The Morgan fingerprint density at radius 1 is 1.10 bits per heavy atom. The molecule has 3 aromatic rings. The zero-order valence-electron chi connectivity index (χ0n) is 16.8. The maximum absolute atomic E-state index is 13.2. The monoisotopic (exact) mass is 427 g/mol. The molecule has 1 aromatic heterocycles. The van der Waals surface area contributed by atoms with Crippen molar-refractivity contribution in [3.8, 4) is 5.75 Å². The van der Waals surface area contributed by atoms with Crippen molar-refractivity contribution < 1.29 is 17.9 Å². The lowest BCUT2D eigenvalue weighted by atomic mass is 10.1. The van der Waals surface area contributed by atoms with Crippen LogP contribution in [0.3, 0.4) is 0 Å². The van der Waals surface area contributed by atoms with E-state index in [9.17, 15) is 8.42 Å². The molecule has 2 heterocycles. The number of aromatic nitrogens is 1. The van der Waals surface area contributed by atoms with Crippen LogP contribution in [0.2, 0.25) is 0 Å². The van der Waals surface area contributed by atoms with Crippen molar-refractivity contribution in [2.24, 2.45) is 0 Å². The number of morpholine rings is 1. The quantitative estimate of drug-likeness (QED) is 0.624. The molecule has 1 aliphatic rings. The average Bonchev–Trinajstić information content (AvgIpc) is 2.80. The zero-order valence-corrected chi connectivity index (χ0v) is 17.6. The van der Waals surface area contributed by atoms with Crippen molar-refractivity contribution in [1.29, 1.82) is 0 Å². The maximum atomic E-state index is 13.2. The molecule has 4 rings (SSSR count). The topological polar surface area (TPSA) is 80.8 Å². The van der Waals surface area contributed by atoms with Gasteiger partial charge >= 0.3 is 0 Å². The van der Waals surface area contributed by atoms with Gasteiger partial charge < -0.3 is 9.47 Å². The van der Waals surface area contributed by atoms with Crippen molar-refractivity contribution in [3.63, 3.8) is 0 Å². The number of rotatable bonds is 7. The number of hydrogen-bond acceptors (Lipinski definition) is 6. The number of benzene rings is 2. The summed E-state index contributed by atoms with van der Waals surface area (Å²) in [6.07, 6.45) is 1.62. The van der Waals surface area contributed by atoms with Gasteiger partial charge in [-0.1, -0.05) is 30.3 Å². The van der Waals surface area contributed by atoms with Gasteiger partial charge in [-0.05, 0) is 29.8 Å². The van der Waals surface area contributed by atoms with Crippen molar-refractivity contribution in [1.82, 2.24) is 14.6 Å². The Hall–Kier alpha value is -2.52. The van der Waals surface area contributed by atoms with Crippen LogP contribution in [-0.2, 0) is 14.8 Å². The van der Waals surface area contributed by atoms with Crippen LogP contribution in [-0.4, -0.2) is 58.3 Å². The molecule has 1 saturated heterocycles. The highest BCUT2D eigenvalue weighted by molar-refractivity contribution is 7.89. The van der Waals surface area contributed by atoms with Gasteiger partial charge in [0.25, 0.3) is 0 Å². The van der Waals surface area contributed by atoms with E-state index in [0.717, 1.165) is 18.7 Å². The summed E-state index contributed by atoms with van der Waals surface area (Å²) in [5, 5.41) is 0.534. The van der Waals surface area contributed by atoms with Gasteiger partial charge in [-0.25, -0.2) is 13.1 Å². The molecule has 0 radical (unpaired) electrons. The van der Waals surface area contributed by atoms with E-state index in [-0.39, 0.29) is 17.5 Å². The van der Waals surface area contributed by atoms with Crippen molar-refractivity contribution in [3.05, 3.63) is 66.4 Å². The van der Waals surface area contributed by atoms with Crippen LogP contribution in [0.4, 0.5) is 0 Å². The lowest BCUT2D eigenvalue weighted by Gasteiger charge is -2.34. The lowest BCUT2D eigenvalue weighted by molar-refractivity contribution is 0.0172. The van der Waals surface area contributed by atoms with Gasteiger partial charge in [-0.3, -0.25) is 9.88 Å². The van der Waals surface area contributed by atoms with Crippen LogP contribution in [0.25, 0.3) is 10.9 Å². The average molecular weight is 428 g/mol. The fourth-order valence-corrected chi connectivity index (χ4v) is 5.04. The molecule has 7 nitrogen and oxygen atoms in total. The summed E-state index contributed by atoms with van der Waals surface area (Å²) >= 11 is 0. The Labute approximate surface area is 176 Å². The first-order valence-corrected chi connectivity index (χ1v) is 11.4. The molecule has 0 amide bonds. The third kappa shape index (κ3) is 4.32. The van der Waals surface area contributed by atoms with E-state index in [1.165, 1.54) is 0 Å². The Balaban J connectivity index is 1.63. The van der Waals surface area contributed by atoms with Gasteiger partial charge in [0.15, 0.2) is 0 Å². The molecule has 1 N–H and O–H groups in total. The fraction of sp³-hybridized carbons (Fsp3) is 0.318. The second kappa shape index (κ2) is 9.09. The number of fused-ring (bicyclic) bond motifs is 1. The Morgan fingerprint density at radius 3 is 2.60 bits per heavy atom. The summed E-state index contributed by atoms with van der Waals surface area (Å²) in [6, 6.07) is 16.6. The predicted molar refractivity (Wildman–Crippen MR) is 115 cm³/mol. The summed E-state index contributed by atoms with van der Waals surface area (Å²) in [7, 11) is -2.21. The largest absolute Gasteiger partial charge is 0.494 e. The predicted octanol–water partition coefficient (Wildman–Crippen LogP) is 2.60. The van der Waals surface area contributed by atoms with Gasteiger partial charge in [-0.15, -0.1) is 0 Å². The minimum absolute atomic E-state index is 0.0764. The first kappa shape index (κ1) is 20.7. The highest BCUT2D eigenvalue weighted by Gasteiger charge is 2.26. The van der Waals surface area contributed by atoms with E-state index in [1.54, 1.807) is 37.6 Å². The van der Waals surface area contributed by atoms with E-state index in [2.05, 4.69) is 14.6 Å². The number of hydrogen-bond donors (Lipinski definition) is 1. The maximum Gasteiger partial charge on any atom is 0.241 e. The van der Waals surface area contributed by atoms with Gasteiger partial charge in [0.05, 0.1) is 25.2 Å². The van der Waals surface area contributed by atoms with Gasteiger partial charge in [0.1, 0.15) is 11.3 Å². The highest BCUT2D eigenvalue weighted by Crippen LogP contribution is 2.29. The van der Waals surface area contributed by atoms with Crippen molar-refractivity contribution in [2.75, 3.05) is 40.0 Å². The second-order valence-electron chi connectivity index (χ2n) is 7.09. The SMILES string of the molecule is COc1ccc(S(=O)(=O)NCC(c2ccccc2)N2CCOCC2)c2cccnc12. The molecular weight excluding hydrogens is 402 g/mol. The van der Waals surface area contributed by atoms with Crippen LogP contribution < -0.4 is 9.46 Å². The van der Waals surface area contributed by atoms with Crippen LogP contribution in [0.1, 0.15) is 11.6 Å². The van der Waals surface area contributed by atoms with Crippen molar-refractivity contribution in [2.45, 2.75) is 10.9 Å². The minimum atomic E-state index is -3.76. The minimum Gasteiger partial charge on any atom is -0.494 e. The summed E-state index contributed by atoms with van der Waals surface area (Å²) in [6.45, 7) is 3.07. The van der Waals surface area contributed by atoms with E-state index in [4.69, 9.17) is 9.47 Å². The van der Waals surface area contributed by atoms with E-state index in [0.29, 0.717) is 29.9 Å². The van der Waals surface area contributed by atoms with E-state index < -0.39 is 10.0 Å². The molecule has 1 aliphatic heterocycles. The first-order chi connectivity index (χ1) is 14.6. The summed E-state index contributed by atoms with van der Waals surface area (Å²) in [5.41, 5.74) is 1.60. The summed E-state index contributed by atoms with van der Waals surface area (Å²) in [5.74, 6) is 0.542. The number of nitrogens with zero attached hydrogens (tertiary/aromatic N) is 2. The zero-order chi connectivity index (χ0) is 21.0. The third-order valence-corrected chi connectivity index (χ3v) is 6.82. The van der Waals surface area contributed by atoms with Crippen LogP contribution >= 0.6 is 0 Å². The van der Waals surface area contributed by atoms with E-state index >= 15 is 0 Å².